The first-order valence-electron chi connectivity index (χ1n) is 9.04. The minimum absolute atomic E-state index is 0.834. The van der Waals surface area contributed by atoms with Crippen LogP contribution in [0.2, 0.25) is 0 Å². The van der Waals surface area contributed by atoms with Gasteiger partial charge in [0.05, 0.1) is 0 Å². The van der Waals surface area contributed by atoms with Crippen LogP contribution in [0.3, 0.4) is 0 Å². The first kappa shape index (κ1) is 15.4. The Labute approximate surface area is 120 Å². The lowest BCUT2D eigenvalue weighted by atomic mass is 9.73. The lowest BCUT2D eigenvalue weighted by molar-refractivity contribution is 0.166. The van der Waals surface area contributed by atoms with Gasteiger partial charge in [-0.05, 0) is 56.4 Å². The Kier molecular flexibility index (Phi) is 6.70. The van der Waals surface area contributed by atoms with E-state index < -0.39 is 0 Å². The molecule has 2 aliphatic carbocycles. The summed E-state index contributed by atoms with van der Waals surface area (Å²) in [6.45, 7) is 6.00. The fourth-order valence-electron chi connectivity index (χ4n) is 4.51. The highest BCUT2D eigenvalue weighted by Crippen LogP contribution is 2.37. The van der Waals surface area contributed by atoms with Crippen LogP contribution in [0.4, 0.5) is 0 Å². The average Bonchev–Trinajstić information content (AvgIpc) is 2.68. The molecule has 0 bridgehead atoms. The molecule has 0 saturated heterocycles. The molecule has 112 valence electrons. The lowest BCUT2D eigenvalue weighted by Crippen LogP contribution is -2.44. The van der Waals surface area contributed by atoms with Gasteiger partial charge in [0.2, 0.25) is 0 Å². The molecule has 19 heavy (non-hydrogen) atoms. The zero-order valence-electron chi connectivity index (χ0n) is 13.3. The Morgan fingerprint density at radius 1 is 0.895 bits per heavy atom. The second-order valence-electron chi connectivity index (χ2n) is 7.26. The molecular weight excluding hydrogens is 230 g/mol. The molecule has 0 aromatic rings. The Morgan fingerprint density at radius 3 is 2.21 bits per heavy atom. The molecule has 0 radical (unpaired) electrons. The molecule has 0 aromatic heterocycles. The minimum Gasteiger partial charge on any atom is -0.313 e. The summed E-state index contributed by atoms with van der Waals surface area (Å²) in [6, 6.07) is 0.834. The maximum absolute atomic E-state index is 3.96. The van der Waals surface area contributed by atoms with Crippen molar-refractivity contribution in [2.24, 2.45) is 17.8 Å². The SMILES string of the molecule is CCCNC(C1CCCCCC1)C1CCCC(C)C1. The molecular formula is C18H35N. The first-order valence-corrected chi connectivity index (χ1v) is 9.04. The van der Waals surface area contributed by atoms with Crippen LogP contribution >= 0.6 is 0 Å². The summed E-state index contributed by atoms with van der Waals surface area (Å²) in [5.74, 6) is 2.92. The van der Waals surface area contributed by atoms with Gasteiger partial charge in [-0.1, -0.05) is 52.4 Å². The largest absolute Gasteiger partial charge is 0.313 e. The number of hydrogen-bond donors (Lipinski definition) is 1. The van der Waals surface area contributed by atoms with Crippen LogP contribution in [0.25, 0.3) is 0 Å². The molecule has 2 rings (SSSR count). The summed E-state index contributed by atoms with van der Waals surface area (Å²) in [6.07, 6.45) is 16.1. The van der Waals surface area contributed by atoms with Crippen LogP contribution in [-0.4, -0.2) is 12.6 Å². The van der Waals surface area contributed by atoms with Crippen LogP contribution < -0.4 is 5.32 Å². The molecule has 0 spiro atoms. The van der Waals surface area contributed by atoms with E-state index in [0.29, 0.717) is 0 Å². The molecule has 3 unspecified atom stereocenters. The standard InChI is InChI=1S/C18H35N/c1-3-13-19-18(16-10-6-4-5-7-11-16)17-12-8-9-15(2)14-17/h15-19H,3-14H2,1-2H3. The van der Waals surface area contributed by atoms with Crippen LogP contribution in [-0.2, 0) is 0 Å². The quantitative estimate of drug-likeness (QED) is 0.678. The number of nitrogens with one attached hydrogen (secondary N) is 1. The second-order valence-corrected chi connectivity index (χ2v) is 7.26. The molecule has 0 heterocycles. The fourth-order valence-corrected chi connectivity index (χ4v) is 4.51. The molecule has 0 aliphatic heterocycles. The first-order chi connectivity index (χ1) is 9.31. The summed E-state index contributed by atoms with van der Waals surface area (Å²) in [7, 11) is 0. The van der Waals surface area contributed by atoms with Gasteiger partial charge in [0, 0.05) is 6.04 Å². The van der Waals surface area contributed by atoms with Crippen molar-refractivity contribution in [3.05, 3.63) is 0 Å². The molecule has 3 atom stereocenters. The third-order valence-electron chi connectivity index (χ3n) is 5.52. The van der Waals surface area contributed by atoms with Crippen molar-refractivity contribution in [3.8, 4) is 0 Å². The Bertz CT molecular complexity index is 228. The van der Waals surface area contributed by atoms with E-state index in [0.717, 1.165) is 23.8 Å². The van der Waals surface area contributed by atoms with Crippen LogP contribution in [0.1, 0.15) is 84.5 Å². The number of hydrogen-bond acceptors (Lipinski definition) is 1. The molecule has 2 saturated carbocycles. The van der Waals surface area contributed by atoms with Crippen LogP contribution in [0, 0.1) is 17.8 Å². The summed E-state index contributed by atoms with van der Waals surface area (Å²) in [5, 5.41) is 3.96. The van der Waals surface area contributed by atoms with Gasteiger partial charge in [-0.3, -0.25) is 0 Å². The fraction of sp³-hybridized carbons (Fsp3) is 1.00. The molecule has 0 amide bonds. The summed E-state index contributed by atoms with van der Waals surface area (Å²) < 4.78 is 0. The predicted octanol–water partition coefficient (Wildman–Crippen LogP) is 5.15. The average molecular weight is 265 g/mol. The summed E-state index contributed by atoms with van der Waals surface area (Å²) in [4.78, 5) is 0. The zero-order valence-corrected chi connectivity index (χ0v) is 13.3. The molecule has 1 N–H and O–H groups in total. The van der Waals surface area contributed by atoms with Gasteiger partial charge in [0.1, 0.15) is 0 Å². The van der Waals surface area contributed by atoms with E-state index in [1.54, 1.807) is 0 Å². The van der Waals surface area contributed by atoms with Gasteiger partial charge in [0.15, 0.2) is 0 Å². The van der Waals surface area contributed by atoms with E-state index >= 15 is 0 Å². The highest BCUT2D eigenvalue weighted by atomic mass is 14.9. The monoisotopic (exact) mass is 265 g/mol. The highest BCUT2D eigenvalue weighted by molar-refractivity contribution is 4.87. The molecule has 1 heteroatoms. The van der Waals surface area contributed by atoms with E-state index in [-0.39, 0.29) is 0 Å². The Balaban J connectivity index is 1.96. The van der Waals surface area contributed by atoms with Crippen molar-refractivity contribution in [1.82, 2.24) is 5.32 Å². The van der Waals surface area contributed by atoms with Gasteiger partial charge in [-0.2, -0.15) is 0 Å². The van der Waals surface area contributed by atoms with Crippen LogP contribution in [0.15, 0.2) is 0 Å². The van der Waals surface area contributed by atoms with Crippen molar-refractivity contribution >= 4 is 0 Å². The minimum atomic E-state index is 0.834. The summed E-state index contributed by atoms with van der Waals surface area (Å²) in [5.41, 5.74) is 0. The Morgan fingerprint density at radius 2 is 1.58 bits per heavy atom. The third-order valence-corrected chi connectivity index (χ3v) is 5.52. The van der Waals surface area contributed by atoms with Gasteiger partial charge >= 0.3 is 0 Å². The van der Waals surface area contributed by atoms with E-state index in [1.165, 1.54) is 77.2 Å². The third kappa shape index (κ3) is 4.77. The van der Waals surface area contributed by atoms with E-state index in [9.17, 15) is 0 Å². The van der Waals surface area contributed by atoms with Crippen molar-refractivity contribution in [3.63, 3.8) is 0 Å². The normalized spacial score (nSPS) is 31.9. The van der Waals surface area contributed by atoms with Crippen molar-refractivity contribution < 1.29 is 0 Å². The second kappa shape index (κ2) is 8.29. The highest BCUT2D eigenvalue weighted by Gasteiger charge is 2.31. The molecule has 2 fully saturated rings. The van der Waals surface area contributed by atoms with Gasteiger partial charge in [0.25, 0.3) is 0 Å². The molecule has 1 nitrogen and oxygen atoms in total. The van der Waals surface area contributed by atoms with Crippen molar-refractivity contribution in [2.45, 2.75) is 90.5 Å². The maximum Gasteiger partial charge on any atom is 0.0124 e. The predicted molar refractivity (Wildman–Crippen MR) is 84.4 cm³/mol. The van der Waals surface area contributed by atoms with Crippen molar-refractivity contribution in [2.75, 3.05) is 6.54 Å². The Hall–Kier alpha value is -0.0400. The van der Waals surface area contributed by atoms with E-state index in [4.69, 9.17) is 0 Å². The molecule has 2 aliphatic rings. The lowest BCUT2D eigenvalue weighted by Gasteiger charge is -2.38. The number of rotatable bonds is 5. The smallest absolute Gasteiger partial charge is 0.0124 e. The van der Waals surface area contributed by atoms with E-state index in [2.05, 4.69) is 19.2 Å². The van der Waals surface area contributed by atoms with Crippen LogP contribution in [0.5, 0.6) is 0 Å². The van der Waals surface area contributed by atoms with Gasteiger partial charge in [-0.15, -0.1) is 0 Å². The summed E-state index contributed by atoms with van der Waals surface area (Å²) >= 11 is 0. The van der Waals surface area contributed by atoms with Gasteiger partial charge in [-0.25, -0.2) is 0 Å². The zero-order chi connectivity index (χ0) is 13.5. The van der Waals surface area contributed by atoms with Crippen molar-refractivity contribution in [1.29, 1.82) is 0 Å². The van der Waals surface area contributed by atoms with E-state index in [1.807, 2.05) is 0 Å². The maximum atomic E-state index is 3.96. The molecule has 0 aromatic carbocycles. The van der Waals surface area contributed by atoms with Gasteiger partial charge < -0.3 is 5.32 Å². The topological polar surface area (TPSA) is 12.0 Å².